The minimum absolute atomic E-state index is 0.0254. The highest BCUT2D eigenvalue weighted by atomic mass is 35.5. The highest BCUT2D eigenvalue weighted by Crippen LogP contribution is 2.32. The zero-order valence-corrected chi connectivity index (χ0v) is 20.6. The van der Waals surface area contributed by atoms with Crippen LogP contribution in [0.25, 0.3) is 5.69 Å². The van der Waals surface area contributed by atoms with E-state index in [4.69, 9.17) is 26.2 Å². The summed E-state index contributed by atoms with van der Waals surface area (Å²) in [6.07, 6.45) is 1.99. The fourth-order valence-electron chi connectivity index (χ4n) is 3.97. The van der Waals surface area contributed by atoms with Crippen molar-refractivity contribution >= 4 is 17.6 Å². The largest absolute Gasteiger partial charge is 0.439 e. The number of nitrogens with one attached hydrogen (secondary N) is 1. The number of ether oxygens (including phenoxy) is 2. The number of aryl methyl sites for hydroxylation is 1. The molecule has 1 aliphatic rings. The van der Waals surface area contributed by atoms with E-state index in [1.54, 1.807) is 21.7 Å². The van der Waals surface area contributed by atoms with Gasteiger partial charge in [0.1, 0.15) is 5.75 Å². The van der Waals surface area contributed by atoms with Crippen molar-refractivity contribution in [2.24, 2.45) is 0 Å². The van der Waals surface area contributed by atoms with Gasteiger partial charge in [-0.1, -0.05) is 29.8 Å². The van der Waals surface area contributed by atoms with Crippen LogP contribution in [-0.4, -0.2) is 46.0 Å². The van der Waals surface area contributed by atoms with Gasteiger partial charge in [0, 0.05) is 24.2 Å². The Labute approximate surface area is 205 Å². The third-order valence-corrected chi connectivity index (χ3v) is 5.91. The van der Waals surface area contributed by atoms with Gasteiger partial charge in [0.25, 0.3) is 0 Å². The molecule has 0 saturated carbocycles. The molecule has 3 aromatic rings. The van der Waals surface area contributed by atoms with E-state index >= 15 is 0 Å². The van der Waals surface area contributed by atoms with E-state index in [1.807, 2.05) is 63.2 Å². The number of benzene rings is 2. The molecular formula is C26H31ClN4O3. The third-order valence-electron chi connectivity index (χ3n) is 5.66. The number of nitrogens with zero attached hydrogens (tertiary/aromatic N) is 3. The van der Waals surface area contributed by atoms with Crippen molar-refractivity contribution in [2.45, 2.75) is 52.3 Å². The summed E-state index contributed by atoms with van der Waals surface area (Å²) in [6, 6.07) is 16.9. The zero-order chi connectivity index (χ0) is 24.1. The molecule has 4 rings (SSSR count). The minimum Gasteiger partial charge on any atom is -0.439 e. The van der Waals surface area contributed by atoms with Gasteiger partial charge in [-0.3, -0.25) is 0 Å². The first kappa shape index (κ1) is 24.1. The summed E-state index contributed by atoms with van der Waals surface area (Å²) in [5.41, 5.74) is 2.51. The van der Waals surface area contributed by atoms with Gasteiger partial charge in [0.15, 0.2) is 0 Å². The lowest BCUT2D eigenvalue weighted by molar-refractivity contribution is 0.0789. The number of amides is 2. The standard InChI is InChI=1S/C26H31ClN4O3/c1-18(2)28-26(32)30(16-23-10-7-15-33-23)17-24-19(3)29-31(21-8-5-4-6-9-21)25(24)34-22-13-11-20(27)12-14-22/h4-6,8-9,11-14,18,23H,7,10,15-17H2,1-3H3,(H,28,32). The Hall–Kier alpha value is -3.03. The molecule has 1 fully saturated rings. The average molecular weight is 483 g/mol. The maximum absolute atomic E-state index is 13.1. The van der Waals surface area contributed by atoms with E-state index < -0.39 is 0 Å². The molecule has 2 amide bonds. The lowest BCUT2D eigenvalue weighted by Crippen LogP contribution is -2.45. The first-order valence-electron chi connectivity index (χ1n) is 11.6. The molecule has 34 heavy (non-hydrogen) atoms. The van der Waals surface area contributed by atoms with Gasteiger partial charge in [-0.05, 0) is 70.0 Å². The molecule has 1 saturated heterocycles. The van der Waals surface area contributed by atoms with Gasteiger partial charge in [-0.15, -0.1) is 0 Å². The second-order valence-electron chi connectivity index (χ2n) is 8.79. The average Bonchev–Trinajstić information content (AvgIpc) is 3.43. The molecule has 0 aliphatic carbocycles. The van der Waals surface area contributed by atoms with E-state index in [0.717, 1.165) is 36.4 Å². The Bertz CT molecular complexity index is 1090. The monoisotopic (exact) mass is 482 g/mol. The van der Waals surface area contributed by atoms with Gasteiger partial charge >= 0.3 is 6.03 Å². The number of hydrogen-bond donors (Lipinski definition) is 1. The molecule has 1 aliphatic heterocycles. The molecule has 180 valence electrons. The molecular weight excluding hydrogens is 452 g/mol. The first-order chi connectivity index (χ1) is 16.4. The number of rotatable bonds is 8. The smallest absolute Gasteiger partial charge is 0.317 e. The molecule has 1 aromatic heterocycles. The second kappa shape index (κ2) is 10.9. The summed E-state index contributed by atoms with van der Waals surface area (Å²) < 4.78 is 14.0. The van der Waals surface area contributed by atoms with Crippen molar-refractivity contribution in [2.75, 3.05) is 13.2 Å². The quantitative estimate of drug-likeness (QED) is 0.445. The van der Waals surface area contributed by atoms with Crippen LogP contribution in [0.4, 0.5) is 4.79 Å². The summed E-state index contributed by atoms with van der Waals surface area (Å²) in [6.45, 7) is 7.44. The highest BCUT2D eigenvalue weighted by Gasteiger charge is 2.27. The van der Waals surface area contributed by atoms with Crippen LogP contribution in [0.5, 0.6) is 11.6 Å². The van der Waals surface area contributed by atoms with Gasteiger partial charge in [-0.2, -0.15) is 5.10 Å². The molecule has 2 heterocycles. The Balaban J connectivity index is 1.71. The summed E-state index contributed by atoms with van der Waals surface area (Å²) in [5, 5.41) is 8.43. The van der Waals surface area contributed by atoms with Crippen LogP contribution in [0.2, 0.25) is 5.02 Å². The van der Waals surface area contributed by atoms with Gasteiger partial charge in [0.05, 0.1) is 29.6 Å². The summed E-state index contributed by atoms with van der Waals surface area (Å²) in [5.74, 6) is 1.21. The molecule has 2 aromatic carbocycles. The van der Waals surface area contributed by atoms with E-state index in [1.165, 1.54) is 0 Å². The molecule has 1 N–H and O–H groups in total. The molecule has 7 nitrogen and oxygen atoms in total. The van der Waals surface area contributed by atoms with Crippen LogP contribution in [0.15, 0.2) is 54.6 Å². The van der Waals surface area contributed by atoms with Crippen molar-refractivity contribution in [1.82, 2.24) is 20.0 Å². The second-order valence-corrected chi connectivity index (χ2v) is 9.23. The first-order valence-corrected chi connectivity index (χ1v) is 12.0. The Morgan fingerprint density at radius 3 is 2.62 bits per heavy atom. The maximum atomic E-state index is 13.1. The van der Waals surface area contributed by atoms with Gasteiger partial charge < -0.3 is 19.7 Å². The molecule has 0 radical (unpaired) electrons. The van der Waals surface area contributed by atoms with Crippen LogP contribution in [0.1, 0.15) is 37.9 Å². The molecule has 8 heteroatoms. The Morgan fingerprint density at radius 2 is 1.97 bits per heavy atom. The molecule has 1 atom stereocenters. The van der Waals surface area contributed by atoms with Crippen molar-refractivity contribution in [1.29, 1.82) is 0 Å². The lowest BCUT2D eigenvalue weighted by atomic mass is 10.2. The summed E-state index contributed by atoms with van der Waals surface area (Å²) >= 11 is 6.07. The molecule has 1 unspecified atom stereocenters. The number of carbonyl (C=O) groups is 1. The topological polar surface area (TPSA) is 68.6 Å². The van der Waals surface area contributed by atoms with Crippen molar-refractivity contribution in [3.63, 3.8) is 0 Å². The number of halogens is 1. The van der Waals surface area contributed by atoms with Crippen LogP contribution >= 0.6 is 11.6 Å². The number of aromatic nitrogens is 2. The predicted octanol–water partition coefficient (Wildman–Crippen LogP) is 5.73. The van der Waals surface area contributed by atoms with E-state index in [2.05, 4.69) is 5.32 Å². The van der Waals surface area contributed by atoms with E-state index in [9.17, 15) is 4.79 Å². The molecule has 0 bridgehead atoms. The van der Waals surface area contributed by atoms with Crippen LogP contribution < -0.4 is 10.1 Å². The number of carbonyl (C=O) groups excluding carboxylic acids is 1. The fraction of sp³-hybridized carbons (Fsp3) is 0.385. The Morgan fingerprint density at radius 1 is 1.24 bits per heavy atom. The van der Waals surface area contributed by atoms with Gasteiger partial charge in [0.2, 0.25) is 5.88 Å². The third kappa shape index (κ3) is 5.90. The number of hydrogen-bond acceptors (Lipinski definition) is 4. The minimum atomic E-state index is -0.130. The van der Waals surface area contributed by atoms with Crippen molar-refractivity contribution in [3.8, 4) is 17.3 Å². The normalized spacial score (nSPS) is 15.5. The zero-order valence-electron chi connectivity index (χ0n) is 19.8. The van der Waals surface area contributed by atoms with Crippen LogP contribution in [0, 0.1) is 6.92 Å². The van der Waals surface area contributed by atoms with E-state index in [0.29, 0.717) is 29.7 Å². The molecule has 0 spiro atoms. The SMILES string of the molecule is Cc1nn(-c2ccccc2)c(Oc2ccc(Cl)cc2)c1CN(CC1CCCO1)C(=O)NC(C)C. The maximum Gasteiger partial charge on any atom is 0.317 e. The van der Waals surface area contributed by atoms with Crippen LogP contribution in [0.3, 0.4) is 0 Å². The number of urea groups is 1. The highest BCUT2D eigenvalue weighted by molar-refractivity contribution is 6.30. The lowest BCUT2D eigenvalue weighted by Gasteiger charge is -2.27. The van der Waals surface area contributed by atoms with Crippen molar-refractivity contribution in [3.05, 3.63) is 70.9 Å². The predicted molar refractivity (Wildman–Crippen MR) is 133 cm³/mol. The van der Waals surface area contributed by atoms with Crippen molar-refractivity contribution < 1.29 is 14.3 Å². The number of para-hydroxylation sites is 1. The van der Waals surface area contributed by atoms with Crippen LogP contribution in [-0.2, 0) is 11.3 Å². The van der Waals surface area contributed by atoms with E-state index in [-0.39, 0.29) is 18.2 Å². The summed E-state index contributed by atoms with van der Waals surface area (Å²) in [7, 11) is 0. The Kier molecular flexibility index (Phi) is 7.75. The summed E-state index contributed by atoms with van der Waals surface area (Å²) in [4.78, 5) is 14.9. The fourth-order valence-corrected chi connectivity index (χ4v) is 4.09. The van der Waals surface area contributed by atoms with Gasteiger partial charge in [-0.25, -0.2) is 9.48 Å².